The molecule has 0 aliphatic rings. The molecule has 2 aromatic carbocycles. The highest BCUT2D eigenvalue weighted by Crippen LogP contribution is 2.33. The van der Waals surface area contributed by atoms with Gasteiger partial charge in [0.1, 0.15) is 0 Å². The summed E-state index contributed by atoms with van der Waals surface area (Å²) in [5, 5.41) is 4.69. The fourth-order valence-corrected chi connectivity index (χ4v) is 3.19. The number of nitrogens with one attached hydrogen (secondary N) is 1. The van der Waals surface area contributed by atoms with Gasteiger partial charge >= 0.3 is 5.97 Å². The minimum absolute atomic E-state index is 0.0352. The fourth-order valence-electron chi connectivity index (χ4n) is 1.94. The number of benzene rings is 2. The number of halogens is 1. The normalized spacial score (nSPS) is 10.4. The van der Waals surface area contributed by atoms with Gasteiger partial charge in [-0.2, -0.15) is 0 Å². The van der Waals surface area contributed by atoms with Crippen LogP contribution in [0.2, 0.25) is 5.02 Å². The van der Waals surface area contributed by atoms with Crippen molar-refractivity contribution in [3.8, 4) is 0 Å². The summed E-state index contributed by atoms with van der Waals surface area (Å²) < 4.78 is 4.84. The number of primary amides is 1. The molecule has 24 heavy (non-hydrogen) atoms. The number of rotatable bonds is 7. The number of carbonyl (C=O) groups excluding carboxylic acids is 3. The van der Waals surface area contributed by atoms with E-state index >= 15 is 0 Å². The molecule has 0 fully saturated rings. The third-order valence-electron chi connectivity index (χ3n) is 2.99. The van der Waals surface area contributed by atoms with Crippen molar-refractivity contribution in [3.05, 3.63) is 41.4 Å². The maximum absolute atomic E-state index is 11.7. The van der Waals surface area contributed by atoms with Crippen molar-refractivity contribution in [2.24, 2.45) is 5.73 Å². The van der Waals surface area contributed by atoms with Gasteiger partial charge in [-0.05, 0) is 17.5 Å². The summed E-state index contributed by atoms with van der Waals surface area (Å²) in [5.41, 5.74) is 4.89. The third-order valence-corrected chi connectivity index (χ3v) is 4.33. The first-order valence-corrected chi connectivity index (χ1v) is 8.34. The monoisotopic (exact) mass is 366 g/mol. The van der Waals surface area contributed by atoms with Gasteiger partial charge in [-0.3, -0.25) is 14.4 Å². The van der Waals surface area contributed by atoms with E-state index in [1.54, 1.807) is 6.07 Å². The van der Waals surface area contributed by atoms with Gasteiger partial charge < -0.3 is 15.8 Å². The van der Waals surface area contributed by atoms with E-state index in [1.165, 1.54) is 11.8 Å². The summed E-state index contributed by atoms with van der Waals surface area (Å²) in [4.78, 5) is 34.4. The first kappa shape index (κ1) is 18.1. The molecule has 6 nitrogen and oxygen atoms in total. The van der Waals surface area contributed by atoms with Crippen molar-refractivity contribution in [1.29, 1.82) is 0 Å². The standard InChI is InChI=1S/C16H15ClN2O4S/c17-11-5-1-3-10-4-2-6-12(16(10)11)24-9-15(22)23-8-14(21)19-7-13(18)20/h1-6H,7-9H2,(H2,18,20)(H,19,21). The van der Waals surface area contributed by atoms with Crippen LogP contribution in [0.25, 0.3) is 10.8 Å². The minimum Gasteiger partial charge on any atom is -0.455 e. The lowest BCUT2D eigenvalue weighted by Gasteiger charge is -2.08. The smallest absolute Gasteiger partial charge is 0.316 e. The Hall–Kier alpha value is -2.25. The Morgan fingerprint density at radius 3 is 2.58 bits per heavy atom. The molecule has 2 amide bonds. The van der Waals surface area contributed by atoms with Crippen LogP contribution in [0.1, 0.15) is 0 Å². The van der Waals surface area contributed by atoms with E-state index in [9.17, 15) is 14.4 Å². The summed E-state index contributed by atoms with van der Waals surface area (Å²) in [5.74, 6) is -1.76. The number of carbonyl (C=O) groups is 3. The summed E-state index contributed by atoms with van der Waals surface area (Å²) in [6.45, 7) is -0.747. The van der Waals surface area contributed by atoms with Gasteiger partial charge in [0.25, 0.3) is 5.91 Å². The van der Waals surface area contributed by atoms with Gasteiger partial charge in [0.15, 0.2) is 6.61 Å². The number of hydrogen-bond donors (Lipinski definition) is 2. The maximum Gasteiger partial charge on any atom is 0.316 e. The molecule has 0 aliphatic carbocycles. The number of thioether (sulfide) groups is 1. The summed E-state index contributed by atoms with van der Waals surface area (Å²) in [6.07, 6.45) is 0. The predicted molar refractivity (Wildman–Crippen MR) is 92.8 cm³/mol. The van der Waals surface area contributed by atoms with Crippen molar-refractivity contribution < 1.29 is 19.1 Å². The molecule has 0 heterocycles. The van der Waals surface area contributed by atoms with E-state index in [4.69, 9.17) is 22.1 Å². The highest BCUT2D eigenvalue weighted by Gasteiger charge is 2.11. The van der Waals surface area contributed by atoms with Gasteiger partial charge in [0.2, 0.25) is 5.91 Å². The summed E-state index contributed by atoms with van der Waals surface area (Å²) >= 11 is 7.50. The SMILES string of the molecule is NC(=O)CNC(=O)COC(=O)CSc1cccc2cccc(Cl)c12. The Morgan fingerprint density at radius 2 is 1.88 bits per heavy atom. The van der Waals surface area contributed by atoms with E-state index in [0.29, 0.717) is 5.02 Å². The number of hydrogen-bond acceptors (Lipinski definition) is 5. The molecule has 2 rings (SSSR count). The first-order chi connectivity index (χ1) is 11.5. The van der Waals surface area contributed by atoms with Crippen molar-refractivity contribution >= 4 is 51.9 Å². The molecule has 0 aromatic heterocycles. The number of ether oxygens (including phenoxy) is 1. The topological polar surface area (TPSA) is 98.5 Å². The molecule has 0 radical (unpaired) electrons. The number of nitrogens with two attached hydrogens (primary N) is 1. The van der Waals surface area contributed by atoms with Gasteiger partial charge in [-0.1, -0.05) is 35.9 Å². The molecule has 2 aromatic rings. The van der Waals surface area contributed by atoms with Gasteiger partial charge in [-0.15, -0.1) is 11.8 Å². The second kappa shape index (κ2) is 8.56. The van der Waals surface area contributed by atoms with Crippen molar-refractivity contribution in [2.45, 2.75) is 4.90 Å². The van der Waals surface area contributed by atoms with E-state index in [2.05, 4.69) is 5.32 Å². The average molecular weight is 367 g/mol. The first-order valence-electron chi connectivity index (χ1n) is 6.98. The van der Waals surface area contributed by atoms with Crippen LogP contribution in [-0.4, -0.2) is 36.7 Å². The molecular formula is C16H15ClN2O4S. The Morgan fingerprint density at radius 1 is 1.17 bits per heavy atom. The van der Waals surface area contributed by atoms with E-state index < -0.39 is 24.4 Å². The van der Waals surface area contributed by atoms with Crippen LogP contribution in [0.15, 0.2) is 41.3 Å². The number of amides is 2. The Balaban J connectivity index is 1.88. The van der Waals surface area contributed by atoms with Crippen LogP contribution >= 0.6 is 23.4 Å². The second-order valence-corrected chi connectivity index (χ2v) is 6.21. The molecule has 0 atom stereocenters. The van der Waals surface area contributed by atoms with E-state index in [-0.39, 0.29) is 12.3 Å². The molecule has 126 valence electrons. The second-order valence-electron chi connectivity index (χ2n) is 4.79. The maximum atomic E-state index is 11.7. The molecule has 8 heteroatoms. The zero-order valence-corrected chi connectivity index (χ0v) is 14.2. The lowest BCUT2D eigenvalue weighted by molar-refractivity contribution is -0.146. The molecule has 0 unspecified atom stereocenters. The van der Waals surface area contributed by atoms with Gasteiger partial charge in [-0.25, -0.2) is 0 Å². The lowest BCUT2D eigenvalue weighted by atomic mass is 10.1. The molecule has 0 bridgehead atoms. The van der Waals surface area contributed by atoms with Crippen molar-refractivity contribution in [2.75, 3.05) is 18.9 Å². The zero-order valence-electron chi connectivity index (χ0n) is 12.6. The zero-order chi connectivity index (χ0) is 17.5. The Bertz CT molecular complexity index is 777. The molecule has 0 saturated heterocycles. The Labute approximate surface area is 147 Å². The summed E-state index contributed by atoms with van der Waals surface area (Å²) in [6, 6.07) is 11.3. The largest absolute Gasteiger partial charge is 0.455 e. The van der Waals surface area contributed by atoms with Gasteiger partial charge in [0.05, 0.1) is 12.3 Å². The van der Waals surface area contributed by atoms with Crippen LogP contribution < -0.4 is 11.1 Å². The molecule has 0 aliphatic heterocycles. The van der Waals surface area contributed by atoms with Crippen LogP contribution in [0, 0.1) is 0 Å². The van der Waals surface area contributed by atoms with E-state index in [0.717, 1.165) is 15.7 Å². The minimum atomic E-state index is -0.668. The lowest BCUT2D eigenvalue weighted by Crippen LogP contribution is -2.36. The highest BCUT2D eigenvalue weighted by atomic mass is 35.5. The molecule has 0 spiro atoms. The summed E-state index contributed by atoms with van der Waals surface area (Å²) in [7, 11) is 0. The van der Waals surface area contributed by atoms with Crippen LogP contribution in [-0.2, 0) is 19.1 Å². The average Bonchev–Trinajstić information content (AvgIpc) is 2.56. The highest BCUT2D eigenvalue weighted by molar-refractivity contribution is 8.00. The quantitative estimate of drug-likeness (QED) is 0.574. The van der Waals surface area contributed by atoms with Gasteiger partial charge in [0, 0.05) is 15.3 Å². The fraction of sp³-hybridized carbons (Fsp3) is 0.188. The number of fused-ring (bicyclic) bond motifs is 1. The van der Waals surface area contributed by atoms with Crippen LogP contribution in [0.5, 0.6) is 0 Å². The third kappa shape index (κ3) is 5.14. The predicted octanol–water partition coefficient (Wildman–Crippen LogP) is 1.73. The molecular weight excluding hydrogens is 352 g/mol. The van der Waals surface area contributed by atoms with Crippen molar-refractivity contribution in [3.63, 3.8) is 0 Å². The molecule has 0 saturated carbocycles. The van der Waals surface area contributed by atoms with Crippen molar-refractivity contribution in [1.82, 2.24) is 5.32 Å². The molecule has 3 N–H and O–H groups in total. The Kier molecular flexibility index (Phi) is 6.45. The number of esters is 1. The van der Waals surface area contributed by atoms with Crippen LogP contribution in [0.3, 0.4) is 0 Å². The van der Waals surface area contributed by atoms with E-state index in [1.807, 2.05) is 30.3 Å². The van der Waals surface area contributed by atoms with Crippen LogP contribution in [0.4, 0.5) is 0 Å².